The van der Waals surface area contributed by atoms with Gasteiger partial charge >= 0.3 is 234 Å². The maximum absolute atomic E-state index is 6.22. The number of allylic oxidation sites excluding steroid dienone is 2. The van der Waals surface area contributed by atoms with E-state index >= 15 is 0 Å². The van der Waals surface area contributed by atoms with Gasteiger partial charge < -0.3 is 0 Å². The Kier molecular flexibility index (Phi) is 7.78. The van der Waals surface area contributed by atoms with Crippen LogP contribution in [0.4, 0.5) is 0 Å². The van der Waals surface area contributed by atoms with E-state index in [1.807, 2.05) is 36.4 Å². The molecule has 0 aromatic heterocycles. The predicted molar refractivity (Wildman–Crippen MR) is 166 cm³/mol. The van der Waals surface area contributed by atoms with Crippen LogP contribution in [0, 0.1) is 0 Å². The second-order valence-electron chi connectivity index (χ2n) is 11.1. The van der Waals surface area contributed by atoms with Crippen molar-refractivity contribution >= 4 is 20.2 Å². The molecule has 0 heterocycles. The molecule has 0 amide bonds. The second-order valence-corrected chi connectivity index (χ2v) is 16.5. The molecule has 0 radical (unpaired) electrons. The summed E-state index contributed by atoms with van der Waals surface area (Å²) in [6.45, 7) is 1.50. The van der Waals surface area contributed by atoms with Crippen LogP contribution < -0.4 is 9.47 Å². The van der Waals surface area contributed by atoms with E-state index in [-0.39, 0.29) is 0 Å². The molecule has 0 spiro atoms. The van der Waals surface area contributed by atoms with Gasteiger partial charge in [-0.15, -0.1) is 0 Å². The van der Waals surface area contributed by atoms with Crippen LogP contribution in [0.5, 0.6) is 11.5 Å². The summed E-state index contributed by atoms with van der Waals surface area (Å²) in [5, 5.41) is 0. The number of benzene rings is 4. The molecule has 0 N–H and O–H groups in total. The molecule has 2 aliphatic rings. The number of hydrogen-bond donors (Lipinski definition) is 0. The quantitative estimate of drug-likeness (QED) is 0.135. The van der Waals surface area contributed by atoms with Gasteiger partial charge in [0.15, 0.2) is 0 Å². The van der Waals surface area contributed by atoms with E-state index < -0.39 is 8.07 Å². The first kappa shape index (κ1) is 25.5. The zero-order valence-corrected chi connectivity index (χ0v) is 23.6. The van der Waals surface area contributed by atoms with Gasteiger partial charge in [0.25, 0.3) is 0 Å². The Morgan fingerprint density at radius 1 is 0.487 bits per heavy atom. The molecular formula is C36H37O2Si-. The number of ether oxygens (including phenoxy) is 2. The van der Waals surface area contributed by atoms with Crippen molar-refractivity contribution < 1.29 is 9.47 Å². The average molecular weight is 530 g/mol. The molecule has 0 fully saturated rings. The Labute approximate surface area is 233 Å². The van der Waals surface area contributed by atoms with E-state index in [0.29, 0.717) is 11.1 Å². The third-order valence-corrected chi connectivity index (χ3v) is 15.9. The van der Waals surface area contributed by atoms with Crippen molar-refractivity contribution in [2.75, 3.05) is 13.2 Å². The van der Waals surface area contributed by atoms with Crippen molar-refractivity contribution in [1.29, 1.82) is 0 Å². The van der Waals surface area contributed by atoms with Gasteiger partial charge in [0, 0.05) is 0 Å². The Bertz CT molecular complexity index is 1320. The fraction of sp³-hybridized carbons (Fsp3) is 0.222. The molecule has 2 atom stereocenters. The van der Waals surface area contributed by atoms with E-state index in [1.165, 1.54) is 34.3 Å². The molecule has 2 aliphatic carbocycles. The summed E-state index contributed by atoms with van der Waals surface area (Å²) in [4.78, 5) is 0. The van der Waals surface area contributed by atoms with E-state index in [1.54, 1.807) is 0 Å². The van der Waals surface area contributed by atoms with Crippen LogP contribution in [0.15, 0.2) is 121 Å². The Hall–Kier alpha value is -3.82. The van der Waals surface area contributed by atoms with Crippen molar-refractivity contribution in [3.05, 3.63) is 144 Å². The van der Waals surface area contributed by atoms with Crippen molar-refractivity contribution in [2.45, 2.75) is 36.0 Å². The monoisotopic (exact) mass is 529 g/mol. The summed E-state index contributed by atoms with van der Waals surface area (Å²) in [6, 6.07) is 41.0. The van der Waals surface area contributed by atoms with Crippen LogP contribution >= 0.6 is 0 Å². The van der Waals surface area contributed by atoms with Gasteiger partial charge in [0.05, 0.1) is 0 Å². The second kappa shape index (κ2) is 11.9. The van der Waals surface area contributed by atoms with Crippen LogP contribution in [0.1, 0.15) is 46.2 Å². The molecule has 0 bridgehead atoms. The molecule has 2 nitrogen and oxygen atoms in total. The molecular weight excluding hydrogens is 492 g/mol. The molecule has 4 aromatic carbocycles. The SMILES string of the molecule is C1=CC([SiH-](CCCOc2ccccc2)(CCCOc2ccccc2)C2C=Cc3ccccc32)c2ccccc21. The van der Waals surface area contributed by atoms with Crippen molar-refractivity contribution in [1.82, 2.24) is 0 Å². The molecule has 2 unspecified atom stereocenters. The third-order valence-electron chi connectivity index (χ3n) is 8.90. The van der Waals surface area contributed by atoms with Crippen LogP contribution in [0.25, 0.3) is 12.2 Å². The molecule has 39 heavy (non-hydrogen) atoms. The normalized spacial score (nSPS) is 17.5. The van der Waals surface area contributed by atoms with Gasteiger partial charge in [0.1, 0.15) is 0 Å². The van der Waals surface area contributed by atoms with Gasteiger partial charge in [-0.3, -0.25) is 0 Å². The van der Waals surface area contributed by atoms with Gasteiger partial charge in [-0.2, -0.15) is 0 Å². The summed E-state index contributed by atoms with van der Waals surface area (Å²) < 4.78 is 12.4. The van der Waals surface area contributed by atoms with Gasteiger partial charge in [-0.05, 0) is 0 Å². The minimum absolute atomic E-state index is 0.503. The minimum atomic E-state index is -2.45. The van der Waals surface area contributed by atoms with Crippen LogP contribution in [-0.4, -0.2) is 21.3 Å². The molecule has 0 saturated heterocycles. The predicted octanol–water partition coefficient (Wildman–Crippen LogP) is 8.81. The maximum atomic E-state index is 6.22. The van der Waals surface area contributed by atoms with Gasteiger partial charge in [-0.1, -0.05) is 0 Å². The van der Waals surface area contributed by atoms with Crippen molar-refractivity contribution in [3.8, 4) is 11.5 Å². The van der Waals surface area contributed by atoms with Gasteiger partial charge in [0.2, 0.25) is 0 Å². The van der Waals surface area contributed by atoms with Crippen molar-refractivity contribution in [3.63, 3.8) is 0 Å². The van der Waals surface area contributed by atoms with E-state index in [4.69, 9.17) is 9.47 Å². The molecule has 198 valence electrons. The molecule has 0 saturated carbocycles. The van der Waals surface area contributed by atoms with Crippen molar-refractivity contribution in [2.24, 2.45) is 0 Å². The molecule has 4 aromatic rings. The summed E-state index contributed by atoms with van der Waals surface area (Å²) in [6.07, 6.45) is 12.0. The van der Waals surface area contributed by atoms with E-state index in [9.17, 15) is 0 Å². The summed E-state index contributed by atoms with van der Waals surface area (Å²) >= 11 is 0. The Morgan fingerprint density at radius 2 is 0.897 bits per heavy atom. The number of fused-ring (bicyclic) bond motifs is 2. The van der Waals surface area contributed by atoms with Crippen LogP contribution in [0.2, 0.25) is 12.1 Å². The standard InChI is InChI=1S/C36H37O2Si/c1-3-15-31(16-4-1)37-25-11-27-39(28-12-26-38-32-17-5-2-6-18-32,35-23-21-29-13-7-9-19-33(29)35)36-24-22-30-14-8-10-20-34(30)36/h1-10,13-24,35-36,39H,11-12,25-28H2/q-1. The van der Waals surface area contributed by atoms with Crippen LogP contribution in [0.3, 0.4) is 0 Å². The fourth-order valence-corrected chi connectivity index (χ4v) is 14.3. The Balaban J connectivity index is 1.30. The van der Waals surface area contributed by atoms with E-state index in [2.05, 4.69) is 97.1 Å². The molecule has 3 heteroatoms. The zero-order valence-electron chi connectivity index (χ0n) is 22.5. The first-order valence-electron chi connectivity index (χ1n) is 14.4. The van der Waals surface area contributed by atoms with Crippen LogP contribution in [-0.2, 0) is 0 Å². The molecule has 0 aliphatic heterocycles. The summed E-state index contributed by atoms with van der Waals surface area (Å²) in [5.74, 6) is 1.92. The summed E-state index contributed by atoms with van der Waals surface area (Å²) in [5.41, 5.74) is 6.83. The Morgan fingerprint density at radius 3 is 1.36 bits per heavy atom. The average Bonchev–Trinajstić information content (AvgIpc) is 3.63. The first-order valence-corrected chi connectivity index (χ1v) is 17.4. The zero-order chi connectivity index (χ0) is 26.3. The number of para-hydroxylation sites is 2. The van der Waals surface area contributed by atoms with Gasteiger partial charge in [-0.25, -0.2) is 0 Å². The molecule has 6 rings (SSSR count). The first-order chi connectivity index (χ1) is 19.3. The summed E-state index contributed by atoms with van der Waals surface area (Å²) in [7, 11) is -2.45. The topological polar surface area (TPSA) is 18.5 Å². The van der Waals surface area contributed by atoms with E-state index in [0.717, 1.165) is 37.6 Å². The number of rotatable bonds is 12. The number of hydrogen-bond acceptors (Lipinski definition) is 2. The fourth-order valence-electron chi connectivity index (χ4n) is 7.14. The third kappa shape index (κ3) is 5.50.